The minimum atomic E-state index is -0.229. The Bertz CT molecular complexity index is 295. The van der Waals surface area contributed by atoms with Crippen LogP contribution in [0, 0.1) is 0 Å². The molecule has 116 valence electrons. The van der Waals surface area contributed by atoms with Crippen LogP contribution in [0.15, 0.2) is 0 Å². The molecule has 0 spiro atoms. The highest BCUT2D eigenvalue weighted by atomic mass is 16.5. The van der Waals surface area contributed by atoms with Crippen molar-refractivity contribution in [1.29, 1.82) is 0 Å². The number of amides is 1. The number of esters is 1. The van der Waals surface area contributed by atoms with E-state index in [9.17, 15) is 9.59 Å². The Kier molecular flexibility index (Phi) is 9.04. The Hall–Kier alpha value is -1.10. The molecule has 0 aliphatic carbocycles. The maximum atomic E-state index is 11.7. The second kappa shape index (κ2) is 10.7. The molecular weight excluding hydrogens is 256 g/mol. The summed E-state index contributed by atoms with van der Waals surface area (Å²) in [5.41, 5.74) is 0. The smallest absolute Gasteiger partial charge is 0.320 e. The average Bonchev–Trinajstić information content (AvgIpc) is 2.42. The Morgan fingerprint density at radius 1 is 1.15 bits per heavy atom. The van der Waals surface area contributed by atoms with Gasteiger partial charge in [-0.25, -0.2) is 0 Å². The van der Waals surface area contributed by atoms with Crippen molar-refractivity contribution in [1.82, 2.24) is 10.6 Å². The number of hydrogen-bond acceptors (Lipinski definition) is 4. The van der Waals surface area contributed by atoms with E-state index >= 15 is 0 Å². The van der Waals surface area contributed by atoms with Gasteiger partial charge in [0.1, 0.15) is 6.10 Å². The third-order valence-corrected chi connectivity index (χ3v) is 3.52. The summed E-state index contributed by atoms with van der Waals surface area (Å²) in [4.78, 5) is 23.2. The molecule has 0 aromatic heterocycles. The largest absolute Gasteiger partial charge is 0.461 e. The van der Waals surface area contributed by atoms with Crippen molar-refractivity contribution in [2.24, 2.45) is 0 Å². The molecule has 1 aliphatic heterocycles. The summed E-state index contributed by atoms with van der Waals surface area (Å²) >= 11 is 0. The summed E-state index contributed by atoms with van der Waals surface area (Å²) in [5.74, 6) is -0.183. The summed E-state index contributed by atoms with van der Waals surface area (Å²) in [7, 11) is 0. The van der Waals surface area contributed by atoms with Crippen LogP contribution in [0.3, 0.4) is 0 Å². The molecule has 1 unspecified atom stereocenters. The van der Waals surface area contributed by atoms with E-state index in [1.165, 1.54) is 0 Å². The van der Waals surface area contributed by atoms with Crippen LogP contribution in [0.5, 0.6) is 0 Å². The molecule has 0 aromatic rings. The number of cyclic esters (lactones) is 1. The first-order chi connectivity index (χ1) is 9.72. The van der Waals surface area contributed by atoms with E-state index in [1.807, 2.05) is 0 Å². The minimum Gasteiger partial charge on any atom is -0.461 e. The quantitative estimate of drug-likeness (QED) is 0.762. The number of carbonyl (C=O) groups is 2. The topological polar surface area (TPSA) is 67.4 Å². The molecule has 5 nitrogen and oxygen atoms in total. The van der Waals surface area contributed by atoms with Crippen LogP contribution >= 0.6 is 0 Å². The highest BCUT2D eigenvalue weighted by molar-refractivity contribution is 5.76. The van der Waals surface area contributed by atoms with Gasteiger partial charge in [-0.3, -0.25) is 14.9 Å². The van der Waals surface area contributed by atoms with Crippen molar-refractivity contribution in [3.8, 4) is 0 Å². The van der Waals surface area contributed by atoms with E-state index < -0.39 is 0 Å². The molecule has 1 atom stereocenters. The van der Waals surface area contributed by atoms with Gasteiger partial charge >= 0.3 is 5.97 Å². The fourth-order valence-electron chi connectivity index (χ4n) is 2.41. The van der Waals surface area contributed by atoms with Crippen molar-refractivity contribution in [3.63, 3.8) is 0 Å². The molecular formula is C15H28N2O3. The van der Waals surface area contributed by atoms with Gasteiger partial charge in [0.2, 0.25) is 5.91 Å². The lowest BCUT2D eigenvalue weighted by Gasteiger charge is -2.17. The first-order valence-electron chi connectivity index (χ1n) is 7.89. The molecule has 0 saturated carbocycles. The fraction of sp³-hybridized carbons (Fsp3) is 0.867. The number of carbonyl (C=O) groups excluding carboxylic acids is 2. The van der Waals surface area contributed by atoms with Gasteiger partial charge in [0.05, 0.1) is 13.2 Å². The zero-order valence-corrected chi connectivity index (χ0v) is 12.6. The third kappa shape index (κ3) is 8.15. The standard InChI is InChI=1S/C15H28N2O3/c1-2-8-13-9-6-4-3-5-7-10-14(18)17-12-16-11-15(19)20-13/h13,16H,2-12H2,1H3,(H,17,18). The van der Waals surface area contributed by atoms with Crippen LogP contribution in [0.1, 0.15) is 64.7 Å². The minimum absolute atomic E-state index is 0.0459. The molecule has 5 heteroatoms. The number of ether oxygens (including phenoxy) is 1. The molecule has 0 aromatic carbocycles. The monoisotopic (exact) mass is 284 g/mol. The maximum absolute atomic E-state index is 11.7. The van der Waals surface area contributed by atoms with Crippen molar-refractivity contribution in [3.05, 3.63) is 0 Å². The second-order valence-electron chi connectivity index (χ2n) is 5.41. The van der Waals surface area contributed by atoms with Crippen LogP contribution in [0.25, 0.3) is 0 Å². The van der Waals surface area contributed by atoms with E-state index in [0.29, 0.717) is 13.1 Å². The van der Waals surface area contributed by atoms with Crippen LogP contribution in [0.2, 0.25) is 0 Å². The van der Waals surface area contributed by atoms with Crippen molar-refractivity contribution in [2.45, 2.75) is 70.8 Å². The Labute approximate surface area is 121 Å². The van der Waals surface area contributed by atoms with E-state index in [0.717, 1.165) is 51.4 Å². The highest BCUT2D eigenvalue weighted by Gasteiger charge is 2.13. The summed E-state index contributed by atoms with van der Waals surface area (Å²) in [6, 6.07) is 0. The predicted octanol–water partition coefficient (Wildman–Crippen LogP) is 2.11. The molecule has 1 aliphatic rings. The third-order valence-electron chi connectivity index (χ3n) is 3.52. The van der Waals surface area contributed by atoms with Gasteiger partial charge in [-0.15, -0.1) is 0 Å². The lowest BCUT2D eigenvalue weighted by Crippen LogP contribution is -2.37. The first-order valence-corrected chi connectivity index (χ1v) is 7.89. The summed E-state index contributed by atoms with van der Waals surface area (Å²) in [5, 5.41) is 5.64. The van der Waals surface area contributed by atoms with Gasteiger partial charge in [-0.1, -0.05) is 32.6 Å². The molecule has 20 heavy (non-hydrogen) atoms. The summed E-state index contributed by atoms with van der Waals surface area (Å²) in [6.07, 6.45) is 8.98. The van der Waals surface area contributed by atoms with Crippen LogP contribution in [-0.2, 0) is 14.3 Å². The average molecular weight is 284 g/mol. The van der Waals surface area contributed by atoms with E-state index in [2.05, 4.69) is 17.6 Å². The summed E-state index contributed by atoms with van der Waals surface area (Å²) < 4.78 is 5.48. The van der Waals surface area contributed by atoms with Gasteiger partial charge in [0.15, 0.2) is 0 Å². The number of rotatable bonds is 2. The lowest BCUT2D eigenvalue weighted by molar-refractivity contribution is -0.148. The van der Waals surface area contributed by atoms with E-state index in [1.54, 1.807) is 0 Å². The molecule has 1 amide bonds. The first kappa shape index (κ1) is 17.0. The van der Waals surface area contributed by atoms with E-state index in [4.69, 9.17) is 4.74 Å². The Morgan fingerprint density at radius 3 is 2.70 bits per heavy atom. The number of nitrogens with one attached hydrogen (secondary N) is 2. The molecule has 1 rings (SSSR count). The Morgan fingerprint density at radius 2 is 1.90 bits per heavy atom. The number of hydrogen-bond donors (Lipinski definition) is 2. The fourth-order valence-corrected chi connectivity index (χ4v) is 2.41. The SMILES string of the molecule is CCCC1CCCCCCCC(=O)NCNCC(=O)O1. The van der Waals surface area contributed by atoms with Crippen molar-refractivity contribution in [2.75, 3.05) is 13.2 Å². The van der Waals surface area contributed by atoms with Gasteiger partial charge in [-0.2, -0.15) is 0 Å². The van der Waals surface area contributed by atoms with Gasteiger partial charge < -0.3 is 10.1 Å². The predicted molar refractivity (Wildman–Crippen MR) is 78.1 cm³/mol. The van der Waals surface area contributed by atoms with E-state index in [-0.39, 0.29) is 24.5 Å². The zero-order chi connectivity index (χ0) is 14.6. The molecule has 0 bridgehead atoms. The zero-order valence-electron chi connectivity index (χ0n) is 12.6. The van der Waals surface area contributed by atoms with Crippen molar-refractivity contribution < 1.29 is 14.3 Å². The van der Waals surface area contributed by atoms with Crippen LogP contribution < -0.4 is 10.6 Å². The Balaban J connectivity index is 2.41. The van der Waals surface area contributed by atoms with Crippen LogP contribution in [-0.4, -0.2) is 31.2 Å². The highest BCUT2D eigenvalue weighted by Crippen LogP contribution is 2.14. The van der Waals surface area contributed by atoms with Gasteiger partial charge in [0.25, 0.3) is 0 Å². The lowest BCUT2D eigenvalue weighted by atomic mass is 10.0. The summed E-state index contributed by atoms with van der Waals surface area (Å²) in [6.45, 7) is 2.59. The molecule has 1 heterocycles. The van der Waals surface area contributed by atoms with Crippen LogP contribution in [0.4, 0.5) is 0 Å². The van der Waals surface area contributed by atoms with Gasteiger partial charge in [0, 0.05) is 6.42 Å². The maximum Gasteiger partial charge on any atom is 0.320 e. The van der Waals surface area contributed by atoms with Crippen molar-refractivity contribution >= 4 is 11.9 Å². The normalized spacial score (nSPS) is 24.1. The molecule has 1 fully saturated rings. The molecule has 0 radical (unpaired) electrons. The molecule has 2 N–H and O–H groups in total. The van der Waals surface area contributed by atoms with Gasteiger partial charge in [-0.05, 0) is 25.7 Å². The second-order valence-corrected chi connectivity index (χ2v) is 5.41. The molecule has 1 saturated heterocycles.